The lowest BCUT2D eigenvalue weighted by molar-refractivity contribution is -0.121. The summed E-state index contributed by atoms with van der Waals surface area (Å²) in [6.07, 6.45) is 3.87. The molecule has 0 aliphatic heterocycles. The van der Waals surface area contributed by atoms with Gasteiger partial charge in [-0.1, -0.05) is 12.1 Å². The summed E-state index contributed by atoms with van der Waals surface area (Å²) in [7, 11) is 0. The second kappa shape index (κ2) is 6.96. The van der Waals surface area contributed by atoms with Gasteiger partial charge in [0, 0.05) is 25.2 Å². The van der Waals surface area contributed by atoms with E-state index in [2.05, 4.69) is 10.3 Å². The summed E-state index contributed by atoms with van der Waals surface area (Å²) in [5.74, 6) is -0.101. The first-order valence-corrected chi connectivity index (χ1v) is 7.31. The smallest absolute Gasteiger partial charge is 0.220 e. The number of hydrogen-bond acceptors (Lipinski definition) is 4. The molecule has 4 nitrogen and oxygen atoms in total. The molecular formula is C15H16N2O2S. The molecule has 2 aromatic heterocycles. The monoisotopic (exact) mass is 288 g/mol. The number of rotatable bonds is 6. The van der Waals surface area contributed by atoms with Gasteiger partial charge >= 0.3 is 0 Å². The molecule has 0 unspecified atom stereocenters. The highest BCUT2D eigenvalue weighted by molar-refractivity contribution is 7.12. The first-order chi connectivity index (χ1) is 9.66. The van der Waals surface area contributed by atoms with Crippen LogP contribution in [0.15, 0.2) is 42.0 Å². The molecule has 2 rings (SSSR count). The Morgan fingerprint density at radius 3 is 2.80 bits per heavy atom. The van der Waals surface area contributed by atoms with Crippen LogP contribution in [0.25, 0.3) is 0 Å². The first kappa shape index (κ1) is 14.4. The van der Waals surface area contributed by atoms with Crippen molar-refractivity contribution in [3.63, 3.8) is 0 Å². The average molecular weight is 288 g/mol. The second-order valence-corrected chi connectivity index (χ2v) is 5.42. The highest BCUT2D eigenvalue weighted by Gasteiger charge is 2.12. The molecule has 0 fully saturated rings. The normalized spacial score (nSPS) is 11.8. The molecule has 0 aromatic carbocycles. The van der Waals surface area contributed by atoms with E-state index in [0.717, 1.165) is 5.56 Å². The van der Waals surface area contributed by atoms with Crippen molar-refractivity contribution in [2.24, 2.45) is 0 Å². The number of pyridine rings is 1. The molecule has 0 bridgehead atoms. The molecule has 0 spiro atoms. The van der Waals surface area contributed by atoms with E-state index >= 15 is 0 Å². The van der Waals surface area contributed by atoms with E-state index < -0.39 is 0 Å². The van der Waals surface area contributed by atoms with E-state index in [0.29, 0.717) is 4.88 Å². The molecule has 0 radical (unpaired) electrons. The van der Waals surface area contributed by atoms with Crippen molar-refractivity contribution in [1.29, 1.82) is 0 Å². The number of nitrogens with zero attached hydrogens (tertiary/aromatic N) is 1. The average Bonchev–Trinajstić information content (AvgIpc) is 3.00. The third-order valence-corrected chi connectivity index (χ3v) is 3.85. The van der Waals surface area contributed by atoms with Gasteiger partial charge in [-0.25, -0.2) is 0 Å². The van der Waals surface area contributed by atoms with Gasteiger partial charge in [-0.05, 0) is 30.0 Å². The van der Waals surface area contributed by atoms with Gasteiger partial charge in [-0.3, -0.25) is 14.6 Å². The van der Waals surface area contributed by atoms with E-state index in [1.807, 2.05) is 30.5 Å². The summed E-state index contributed by atoms with van der Waals surface area (Å²) in [4.78, 5) is 28.3. The predicted molar refractivity (Wildman–Crippen MR) is 78.7 cm³/mol. The quantitative estimate of drug-likeness (QED) is 0.831. The molecule has 104 valence electrons. The molecule has 1 atom stereocenters. The molecule has 20 heavy (non-hydrogen) atoms. The maximum atomic E-state index is 11.8. The van der Waals surface area contributed by atoms with Gasteiger partial charge in [0.15, 0.2) is 5.78 Å². The van der Waals surface area contributed by atoms with Crippen LogP contribution < -0.4 is 5.32 Å². The van der Waals surface area contributed by atoms with Crippen LogP contribution in [0.1, 0.15) is 41.0 Å². The lowest BCUT2D eigenvalue weighted by atomic mass is 10.1. The third kappa shape index (κ3) is 3.99. The number of thiophene rings is 1. The number of carbonyl (C=O) groups is 2. The Balaban J connectivity index is 1.80. The molecule has 0 aliphatic carbocycles. The lowest BCUT2D eigenvalue weighted by Gasteiger charge is -2.13. The van der Waals surface area contributed by atoms with E-state index in [-0.39, 0.29) is 30.6 Å². The minimum absolute atomic E-state index is 0.0178. The van der Waals surface area contributed by atoms with Crippen LogP contribution in [-0.4, -0.2) is 16.7 Å². The van der Waals surface area contributed by atoms with Gasteiger partial charge in [0.25, 0.3) is 0 Å². The standard InChI is InChI=1S/C15H16N2O2S/c1-11(12-4-2-8-16-10-12)17-15(19)7-6-13(18)14-5-3-9-20-14/h2-5,8-11H,6-7H2,1H3,(H,17,19)/t11-/m1/s1. The van der Waals surface area contributed by atoms with Crippen LogP contribution in [0.3, 0.4) is 0 Å². The molecular weight excluding hydrogens is 272 g/mol. The van der Waals surface area contributed by atoms with Gasteiger partial charge in [0.1, 0.15) is 0 Å². The number of amides is 1. The zero-order chi connectivity index (χ0) is 14.4. The zero-order valence-electron chi connectivity index (χ0n) is 11.2. The minimum Gasteiger partial charge on any atom is -0.350 e. The second-order valence-electron chi connectivity index (χ2n) is 4.48. The molecule has 2 heterocycles. The third-order valence-electron chi connectivity index (χ3n) is 2.94. The van der Waals surface area contributed by atoms with E-state index in [4.69, 9.17) is 0 Å². The van der Waals surface area contributed by atoms with Crippen molar-refractivity contribution in [2.75, 3.05) is 0 Å². The van der Waals surface area contributed by atoms with Crippen molar-refractivity contribution in [3.05, 3.63) is 52.5 Å². The fourth-order valence-electron chi connectivity index (χ4n) is 1.82. The van der Waals surface area contributed by atoms with Crippen LogP contribution >= 0.6 is 11.3 Å². The molecule has 1 amide bonds. The summed E-state index contributed by atoms with van der Waals surface area (Å²) in [5, 5.41) is 4.73. The largest absolute Gasteiger partial charge is 0.350 e. The van der Waals surface area contributed by atoms with E-state index in [9.17, 15) is 9.59 Å². The molecule has 2 aromatic rings. The highest BCUT2D eigenvalue weighted by atomic mass is 32.1. The van der Waals surface area contributed by atoms with Crippen molar-refractivity contribution in [1.82, 2.24) is 10.3 Å². The number of nitrogens with one attached hydrogen (secondary N) is 1. The molecule has 0 saturated carbocycles. The Labute approximate surface area is 121 Å². The summed E-state index contributed by atoms with van der Waals surface area (Å²) in [6.45, 7) is 1.90. The van der Waals surface area contributed by atoms with Crippen LogP contribution in [0.5, 0.6) is 0 Å². The van der Waals surface area contributed by atoms with Crippen molar-refractivity contribution in [2.45, 2.75) is 25.8 Å². The summed E-state index contributed by atoms with van der Waals surface area (Å²) in [5.41, 5.74) is 0.949. The molecule has 1 N–H and O–H groups in total. The number of hydrogen-bond donors (Lipinski definition) is 1. The lowest BCUT2D eigenvalue weighted by Crippen LogP contribution is -2.26. The summed E-state index contributed by atoms with van der Waals surface area (Å²) < 4.78 is 0. The molecule has 5 heteroatoms. The highest BCUT2D eigenvalue weighted by Crippen LogP contribution is 2.13. The maximum Gasteiger partial charge on any atom is 0.220 e. The van der Waals surface area contributed by atoms with E-state index in [1.165, 1.54) is 11.3 Å². The van der Waals surface area contributed by atoms with Gasteiger partial charge in [0.2, 0.25) is 5.91 Å². The first-order valence-electron chi connectivity index (χ1n) is 6.43. The van der Waals surface area contributed by atoms with Gasteiger partial charge < -0.3 is 5.32 Å². The minimum atomic E-state index is -0.119. The van der Waals surface area contributed by atoms with Crippen LogP contribution in [-0.2, 0) is 4.79 Å². The number of ketones is 1. The van der Waals surface area contributed by atoms with Gasteiger partial charge in [-0.2, -0.15) is 0 Å². The Morgan fingerprint density at radius 2 is 2.15 bits per heavy atom. The molecule has 0 saturated heterocycles. The van der Waals surface area contributed by atoms with Crippen LogP contribution in [0, 0.1) is 0 Å². The summed E-state index contributed by atoms with van der Waals surface area (Å²) in [6, 6.07) is 7.26. The molecule has 0 aliphatic rings. The Bertz CT molecular complexity index is 567. The van der Waals surface area contributed by atoms with Crippen LogP contribution in [0.4, 0.5) is 0 Å². The van der Waals surface area contributed by atoms with Crippen molar-refractivity contribution < 1.29 is 9.59 Å². The fourth-order valence-corrected chi connectivity index (χ4v) is 2.51. The zero-order valence-corrected chi connectivity index (χ0v) is 12.0. The van der Waals surface area contributed by atoms with Crippen LogP contribution in [0.2, 0.25) is 0 Å². The van der Waals surface area contributed by atoms with Gasteiger partial charge in [-0.15, -0.1) is 11.3 Å². The Hall–Kier alpha value is -2.01. The van der Waals surface area contributed by atoms with Crippen molar-refractivity contribution >= 4 is 23.0 Å². The van der Waals surface area contributed by atoms with Crippen molar-refractivity contribution in [3.8, 4) is 0 Å². The fraction of sp³-hybridized carbons (Fsp3) is 0.267. The number of carbonyl (C=O) groups excluding carboxylic acids is 2. The maximum absolute atomic E-state index is 11.8. The Morgan fingerprint density at radius 1 is 1.30 bits per heavy atom. The number of aromatic nitrogens is 1. The predicted octanol–water partition coefficient (Wildman–Crippen LogP) is 2.98. The van der Waals surface area contributed by atoms with Gasteiger partial charge in [0.05, 0.1) is 10.9 Å². The summed E-state index contributed by atoms with van der Waals surface area (Å²) >= 11 is 1.40. The SMILES string of the molecule is C[C@@H](NC(=O)CCC(=O)c1cccs1)c1cccnc1. The van der Waals surface area contributed by atoms with E-state index in [1.54, 1.807) is 18.5 Å². The Kier molecular flexibility index (Phi) is 5.01. The number of Topliss-reactive ketones (excluding diaryl/α,β-unsaturated/α-hetero) is 1. The topological polar surface area (TPSA) is 59.1 Å².